The number of nitrogens with one attached hydrogen (secondary N) is 2. The average Bonchev–Trinajstić information content (AvgIpc) is 3.37. The Morgan fingerprint density at radius 1 is 1.16 bits per heavy atom. The molecule has 3 heterocycles. The average molecular weight is 431 g/mol. The number of aromatic nitrogens is 5. The quantitative estimate of drug-likeness (QED) is 0.430. The Balaban J connectivity index is 1.36. The maximum atomic E-state index is 14.4. The monoisotopic (exact) mass is 430 g/mol. The third kappa shape index (κ3) is 4.15. The van der Waals surface area contributed by atoms with E-state index >= 15 is 0 Å². The molecule has 0 saturated carbocycles. The van der Waals surface area contributed by atoms with Crippen LogP contribution < -0.4 is 5.32 Å². The molecule has 0 atom stereocenters. The zero-order valence-corrected chi connectivity index (χ0v) is 18.6. The van der Waals surface area contributed by atoms with Gasteiger partial charge in [0.05, 0.1) is 11.9 Å². The van der Waals surface area contributed by atoms with Crippen molar-refractivity contribution in [1.29, 1.82) is 0 Å². The van der Waals surface area contributed by atoms with E-state index in [9.17, 15) is 4.39 Å². The molecule has 0 unspecified atom stereocenters. The minimum atomic E-state index is -0.512. The van der Waals surface area contributed by atoms with Gasteiger partial charge in [0.2, 0.25) is 5.95 Å². The summed E-state index contributed by atoms with van der Waals surface area (Å²) in [5, 5.41) is 15.2. The maximum Gasteiger partial charge on any atom is 0.215 e. The number of pyridine rings is 1. The van der Waals surface area contributed by atoms with Gasteiger partial charge in [-0.05, 0) is 47.9 Å². The smallest absolute Gasteiger partial charge is 0.215 e. The second kappa shape index (κ2) is 7.89. The number of aryl methyl sites for hydroxylation is 1. The minimum Gasteiger partial charge on any atom is -0.366 e. The summed E-state index contributed by atoms with van der Waals surface area (Å²) >= 11 is 0. The minimum absolute atomic E-state index is 0.261. The predicted octanol–water partition coefficient (Wildman–Crippen LogP) is 5.14. The van der Waals surface area contributed by atoms with Crippen LogP contribution in [0.5, 0.6) is 0 Å². The van der Waals surface area contributed by atoms with E-state index in [4.69, 9.17) is 0 Å². The highest BCUT2D eigenvalue weighted by Crippen LogP contribution is 2.38. The molecule has 6 nitrogen and oxygen atoms in total. The fourth-order valence-electron chi connectivity index (χ4n) is 4.43. The van der Waals surface area contributed by atoms with E-state index in [1.165, 1.54) is 11.6 Å². The van der Waals surface area contributed by atoms with Crippen molar-refractivity contribution in [3.8, 4) is 22.4 Å². The molecule has 1 aliphatic carbocycles. The van der Waals surface area contributed by atoms with Crippen molar-refractivity contribution in [2.45, 2.75) is 39.7 Å². The van der Waals surface area contributed by atoms with Crippen molar-refractivity contribution >= 4 is 5.82 Å². The predicted molar refractivity (Wildman–Crippen MR) is 124 cm³/mol. The van der Waals surface area contributed by atoms with Crippen molar-refractivity contribution in [1.82, 2.24) is 25.0 Å². The first kappa shape index (κ1) is 20.4. The molecule has 0 radical (unpaired) electrons. The van der Waals surface area contributed by atoms with Gasteiger partial charge in [0.25, 0.3) is 0 Å². The number of rotatable bonds is 5. The number of anilines is 1. The number of hydrogen-bond acceptors (Lipinski definition) is 4. The van der Waals surface area contributed by atoms with Crippen LogP contribution in [0.2, 0.25) is 0 Å². The van der Waals surface area contributed by atoms with Crippen molar-refractivity contribution in [3.05, 3.63) is 71.6 Å². The third-order valence-electron chi connectivity index (χ3n) is 6.17. The highest BCUT2D eigenvalue weighted by molar-refractivity contribution is 5.67. The van der Waals surface area contributed by atoms with Crippen LogP contribution in [0, 0.1) is 11.4 Å². The lowest BCUT2D eigenvalue weighted by Gasteiger charge is -2.29. The first-order valence-corrected chi connectivity index (χ1v) is 10.9. The summed E-state index contributed by atoms with van der Waals surface area (Å²) in [4.78, 5) is 4.05. The molecule has 1 aromatic carbocycles. The Morgan fingerprint density at radius 2 is 2.03 bits per heavy atom. The summed E-state index contributed by atoms with van der Waals surface area (Å²) in [5.74, 6) is -0.0123. The standard InChI is InChI=1S/C25H27FN6/c1-25(2)8-7-20-21(12-25)30-31-24(20)18-10-22(26)29-23(11-18)27-13-16-5-4-6-17(9-16)19-14-28-32(3)15-19/h4-6,9-11,14-15H,7-8,12-13H2,1-3H3,(H,27,29)(H,30,31). The molecule has 0 amide bonds. The van der Waals surface area contributed by atoms with Gasteiger partial charge in [-0.15, -0.1) is 0 Å². The molecule has 0 saturated heterocycles. The van der Waals surface area contributed by atoms with Gasteiger partial charge in [-0.3, -0.25) is 9.78 Å². The van der Waals surface area contributed by atoms with Gasteiger partial charge in [0.1, 0.15) is 5.82 Å². The van der Waals surface area contributed by atoms with Crippen molar-refractivity contribution in [3.63, 3.8) is 0 Å². The summed E-state index contributed by atoms with van der Waals surface area (Å²) < 4.78 is 16.2. The summed E-state index contributed by atoms with van der Waals surface area (Å²) in [5.41, 5.74) is 7.44. The molecule has 0 fully saturated rings. The molecule has 164 valence electrons. The second-order valence-electron chi connectivity index (χ2n) is 9.39. The van der Waals surface area contributed by atoms with Crippen LogP contribution >= 0.6 is 0 Å². The topological polar surface area (TPSA) is 71.4 Å². The Kier molecular flexibility index (Phi) is 5.04. The fraction of sp³-hybridized carbons (Fsp3) is 0.320. The van der Waals surface area contributed by atoms with E-state index in [0.717, 1.165) is 52.9 Å². The zero-order valence-electron chi connectivity index (χ0n) is 18.6. The van der Waals surface area contributed by atoms with Crippen LogP contribution in [0.1, 0.15) is 37.1 Å². The molecule has 3 aromatic heterocycles. The Labute approximate surface area is 186 Å². The van der Waals surface area contributed by atoms with Crippen molar-refractivity contribution in [2.24, 2.45) is 12.5 Å². The van der Waals surface area contributed by atoms with Crippen LogP contribution in [0.3, 0.4) is 0 Å². The third-order valence-corrected chi connectivity index (χ3v) is 6.17. The molecule has 7 heteroatoms. The van der Waals surface area contributed by atoms with Gasteiger partial charge < -0.3 is 5.32 Å². The zero-order chi connectivity index (χ0) is 22.3. The van der Waals surface area contributed by atoms with Gasteiger partial charge in [0.15, 0.2) is 0 Å². The molecule has 5 rings (SSSR count). The summed E-state index contributed by atoms with van der Waals surface area (Å²) in [7, 11) is 1.90. The molecule has 32 heavy (non-hydrogen) atoms. The normalized spacial score (nSPS) is 14.9. The first-order valence-electron chi connectivity index (χ1n) is 10.9. The lowest BCUT2D eigenvalue weighted by molar-refractivity contribution is 0.312. The van der Waals surface area contributed by atoms with Crippen LogP contribution in [0.4, 0.5) is 10.2 Å². The lowest BCUT2D eigenvalue weighted by Crippen LogP contribution is -2.21. The van der Waals surface area contributed by atoms with Gasteiger partial charge in [0, 0.05) is 48.2 Å². The van der Waals surface area contributed by atoms with Crippen molar-refractivity contribution < 1.29 is 4.39 Å². The molecule has 1 aliphatic rings. The van der Waals surface area contributed by atoms with Gasteiger partial charge in [-0.2, -0.15) is 14.6 Å². The SMILES string of the molecule is Cn1cc(-c2cccc(CNc3cc(-c4n[nH]c5c4CCC(C)(C)C5)cc(F)n3)c2)cn1. The number of aromatic amines is 1. The Morgan fingerprint density at radius 3 is 2.84 bits per heavy atom. The van der Waals surface area contributed by atoms with Crippen LogP contribution in [-0.4, -0.2) is 25.0 Å². The summed E-state index contributed by atoms with van der Waals surface area (Å²) in [6.07, 6.45) is 6.83. The molecule has 4 aromatic rings. The lowest BCUT2D eigenvalue weighted by atomic mass is 9.76. The number of halogens is 1. The number of fused-ring (bicyclic) bond motifs is 1. The van der Waals surface area contributed by atoms with Crippen LogP contribution in [0.25, 0.3) is 22.4 Å². The van der Waals surface area contributed by atoms with Gasteiger partial charge in [-0.25, -0.2) is 4.98 Å². The summed E-state index contributed by atoms with van der Waals surface area (Å²) in [6, 6.07) is 11.6. The molecule has 0 aliphatic heterocycles. The highest BCUT2D eigenvalue weighted by atomic mass is 19.1. The first-order chi connectivity index (χ1) is 15.4. The molecular formula is C25H27FN6. The van der Waals surface area contributed by atoms with Gasteiger partial charge in [-0.1, -0.05) is 32.0 Å². The van der Waals surface area contributed by atoms with Crippen LogP contribution in [0.15, 0.2) is 48.8 Å². The van der Waals surface area contributed by atoms with Gasteiger partial charge >= 0.3 is 0 Å². The fourth-order valence-corrected chi connectivity index (χ4v) is 4.43. The van der Waals surface area contributed by atoms with E-state index in [-0.39, 0.29) is 5.41 Å². The van der Waals surface area contributed by atoms with E-state index in [1.54, 1.807) is 4.68 Å². The molecule has 0 bridgehead atoms. The highest BCUT2D eigenvalue weighted by Gasteiger charge is 2.29. The Hall–Kier alpha value is -3.48. The van der Waals surface area contributed by atoms with E-state index in [0.29, 0.717) is 12.4 Å². The number of H-pyrrole nitrogens is 1. The molecule has 0 spiro atoms. The largest absolute Gasteiger partial charge is 0.366 e. The van der Waals surface area contributed by atoms with Crippen LogP contribution in [-0.2, 0) is 26.4 Å². The number of benzene rings is 1. The molecular weight excluding hydrogens is 403 g/mol. The number of nitrogens with zero attached hydrogens (tertiary/aromatic N) is 4. The van der Waals surface area contributed by atoms with E-state index in [1.807, 2.05) is 37.6 Å². The maximum absolute atomic E-state index is 14.4. The molecule has 2 N–H and O–H groups in total. The number of hydrogen-bond donors (Lipinski definition) is 2. The van der Waals surface area contributed by atoms with E-state index < -0.39 is 5.95 Å². The second-order valence-corrected chi connectivity index (χ2v) is 9.39. The van der Waals surface area contributed by atoms with E-state index in [2.05, 4.69) is 51.6 Å². The Bertz CT molecular complexity index is 1270. The summed E-state index contributed by atoms with van der Waals surface area (Å²) in [6.45, 7) is 5.08. The van der Waals surface area contributed by atoms with Crippen molar-refractivity contribution in [2.75, 3.05) is 5.32 Å².